The molecule has 1 aromatic carbocycles. The lowest BCUT2D eigenvalue weighted by Crippen LogP contribution is -2.02. The Morgan fingerprint density at radius 2 is 1.86 bits per heavy atom. The summed E-state index contributed by atoms with van der Waals surface area (Å²) in [6.07, 6.45) is 1.80. The molecule has 8 heteroatoms. The van der Waals surface area contributed by atoms with E-state index in [0.717, 1.165) is 55.9 Å². The molecule has 5 aromatic rings. The first-order valence-corrected chi connectivity index (χ1v) is 10.3. The molecular weight excluding hydrogens is 382 g/mol. The number of fused-ring (bicyclic) bond motifs is 1. The molecule has 0 unspecified atom stereocenters. The third kappa shape index (κ3) is 2.92. The summed E-state index contributed by atoms with van der Waals surface area (Å²) in [6, 6.07) is 14.1. The Morgan fingerprint density at radius 1 is 1.03 bits per heavy atom. The van der Waals surface area contributed by atoms with Gasteiger partial charge in [-0.3, -0.25) is 4.68 Å². The number of hydrogen-bond acceptors (Lipinski definition) is 6. The molecule has 7 nitrogen and oxygen atoms in total. The molecule has 0 fully saturated rings. The van der Waals surface area contributed by atoms with Gasteiger partial charge in [0.05, 0.1) is 28.2 Å². The highest BCUT2D eigenvalue weighted by atomic mass is 32.1. The standard InChI is InChI=1S/C21H19N7S/c1-4-27-18(10-11-22-27)17-12-16(21-25-24-14(3)29-21)19-13(2)26-28(20(19)23-17)15-8-6-5-7-9-15/h5-12H,4H2,1-3H3. The molecule has 0 N–H and O–H groups in total. The van der Waals surface area contributed by atoms with Crippen molar-refractivity contribution in [3.8, 4) is 27.6 Å². The van der Waals surface area contributed by atoms with E-state index in [9.17, 15) is 0 Å². The molecule has 5 rings (SSSR count). The fourth-order valence-electron chi connectivity index (χ4n) is 3.55. The number of benzene rings is 1. The van der Waals surface area contributed by atoms with Crippen LogP contribution in [0.2, 0.25) is 0 Å². The second-order valence-corrected chi connectivity index (χ2v) is 7.93. The monoisotopic (exact) mass is 401 g/mol. The number of nitrogens with zero attached hydrogens (tertiary/aromatic N) is 7. The molecule has 0 aliphatic heterocycles. The third-order valence-electron chi connectivity index (χ3n) is 4.85. The van der Waals surface area contributed by atoms with E-state index in [0.29, 0.717) is 0 Å². The first-order valence-electron chi connectivity index (χ1n) is 9.44. The van der Waals surface area contributed by atoms with Gasteiger partial charge in [-0.25, -0.2) is 9.67 Å². The van der Waals surface area contributed by atoms with Gasteiger partial charge in [0, 0.05) is 18.3 Å². The second kappa shape index (κ2) is 6.89. The molecule has 0 atom stereocenters. The summed E-state index contributed by atoms with van der Waals surface area (Å²) in [5.74, 6) is 0. The van der Waals surface area contributed by atoms with Crippen molar-refractivity contribution in [3.05, 3.63) is 59.4 Å². The van der Waals surface area contributed by atoms with E-state index in [4.69, 9.17) is 10.1 Å². The minimum absolute atomic E-state index is 0.770. The topological polar surface area (TPSA) is 74.3 Å². The van der Waals surface area contributed by atoms with Crippen LogP contribution in [0.4, 0.5) is 0 Å². The molecule has 0 bridgehead atoms. The van der Waals surface area contributed by atoms with Crippen molar-refractivity contribution >= 4 is 22.4 Å². The molecule has 29 heavy (non-hydrogen) atoms. The van der Waals surface area contributed by atoms with Crippen LogP contribution >= 0.6 is 11.3 Å². The largest absolute Gasteiger partial charge is 0.264 e. The van der Waals surface area contributed by atoms with Crippen LogP contribution in [-0.2, 0) is 6.54 Å². The maximum Gasteiger partial charge on any atom is 0.164 e. The molecule has 0 aliphatic carbocycles. The van der Waals surface area contributed by atoms with Gasteiger partial charge in [-0.15, -0.1) is 10.2 Å². The van der Waals surface area contributed by atoms with Gasteiger partial charge in [-0.2, -0.15) is 10.2 Å². The average Bonchev–Trinajstić information content (AvgIpc) is 3.47. The van der Waals surface area contributed by atoms with Gasteiger partial charge in [0.1, 0.15) is 10.0 Å². The van der Waals surface area contributed by atoms with Crippen LogP contribution in [0.5, 0.6) is 0 Å². The highest BCUT2D eigenvalue weighted by molar-refractivity contribution is 7.14. The molecule has 0 amide bonds. The molecule has 4 aromatic heterocycles. The van der Waals surface area contributed by atoms with E-state index >= 15 is 0 Å². The van der Waals surface area contributed by atoms with Crippen LogP contribution < -0.4 is 0 Å². The van der Waals surface area contributed by atoms with Crippen LogP contribution in [0.1, 0.15) is 17.6 Å². The average molecular weight is 401 g/mol. The van der Waals surface area contributed by atoms with Gasteiger partial charge in [0.2, 0.25) is 0 Å². The Bertz CT molecular complexity index is 1310. The van der Waals surface area contributed by atoms with Gasteiger partial charge >= 0.3 is 0 Å². The Morgan fingerprint density at radius 3 is 2.59 bits per heavy atom. The number of para-hydroxylation sites is 1. The minimum Gasteiger partial charge on any atom is -0.264 e. The number of aromatic nitrogens is 7. The van der Waals surface area contributed by atoms with E-state index in [2.05, 4.69) is 28.3 Å². The lowest BCUT2D eigenvalue weighted by Gasteiger charge is -2.09. The summed E-state index contributed by atoms with van der Waals surface area (Å²) >= 11 is 1.58. The molecule has 0 aliphatic rings. The number of hydrogen-bond donors (Lipinski definition) is 0. The van der Waals surface area contributed by atoms with Crippen LogP contribution in [0, 0.1) is 13.8 Å². The molecule has 0 radical (unpaired) electrons. The second-order valence-electron chi connectivity index (χ2n) is 6.74. The van der Waals surface area contributed by atoms with Gasteiger partial charge in [-0.05, 0) is 45.0 Å². The van der Waals surface area contributed by atoms with E-state index in [1.807, 2.05) is 59.6 Å². The molecule has 4 heterocycles. The Hall–Kier alpha value is -3.39. The predicted molar refractivity (Wildman–Crippen MR) is 114 cm³/mol. The quantitative estimate of drug-likeness (QED) is 0.445. The van der Waals surface area contributed by atoms with E-state index in [1.165, 1.54) is 0 Å². The van der Waals surface area contributed by atoms with Crippen LogP contribution in [0.3, 0.4) is 0 Å². The van der Waals surface area contributed by atoms with Crippen molar-refractivity contribution in [3.63, 3.8) is 0 Å². The first kappa shape index (κ1) is 17.7. The SMILES string of the molecule is CCn1nccc1-c1cc(-c2nnc(C)s2)c2c(C)nn(-c3ccccc3)c2n1. The summed E-state index contributed by atoms with van der Waals surface area (Å²) in [5.41, 5.74) is 5.50. The van der Waals surface area contributed by atoms with Gasteiger partial charge in [-0.1, -0.05) is 29.5 Å². The summed E-state index contributed by atoms with van der Waals surface area (Å²) in [5, 5.41) is 20.6. The number of pyridine rings is 1. The maximum atomic E-state index is 5.01. The molecule has 0 spiro atoms. The van der Waals surface area contributed by atoms with Crippen LogP contribution in [0.15, 0.2) is 48.7 Å². The summed E-state index contributed by atoms with van der Waals surface area (Å²) in [7, 11) is 0. The zero-order valence-electron chi connectivity index (χ0n) is 16.4. The molecule has 144 valence electrons. The van der Waals surface area contributed by atoms with Crippen molar-refractivity contribution in [1.29, 1.82) is 0 Å². The molecular formula is C21H19N7S. The van der Waals surface area contributed by atoms with Crippen molar-refractivity contribution in [1.82, 2.24) is 34.7 Å². The van der Waals surface area contributed by atoms with E-state index < -0.39 is 0 Å². The zero-order chi connectivity index (χ0) is 20.0. The summed E-state index contributed by atoms with van der Waals surface area (Å²) < 4.78 is 3.84. The first-order chi connectivity index (χ1) is 14.2. The fourth-order valence-corrected chi connectivity index (χ4v) is 4.26. The normalized spacial score (nSPS) is 11.4. The minimum atomic E-state index is 0.770. The van der Waals surface area contributed by atoms with Gasteiger partial charge in [0.25, 0.3) is 0 Å². The maximum absolute atomic E-state index is 5.01. The summed E-state index contributed by atoms with van der Waals surface area (Å²) in [6.45, 7) is 6.82. The van der Waals surface area contributed by atoms with Crippen LogP contribution in [0.25, 0.3) is 38.7 Å². The smallest absolute Gasteiger partial charge is 0.164 e. The lowest BCUT2D eigenvalue weighted by atomic mass is 10.1. The van der Waals surface area contributed by atoms with Crippen molar-refractivity contribution in [2.45, 2.75) is 27.3 Å². The third-order valence-corrected chi connectivity index (χ3v) is 5.72. The Labute approximate surface area is 171 Å². The van der Waals surface area contributed by atoms with E-state index in [1.54, 1.807) is 17.5 Å². The zero-order valence-corrected chi connectivity index (χ0v) is 17.2. The fraction of sp³-hybridized carbons (Fsp3) is 0.190. The van der Waals surface area contributed by atoms with E-state index in [-0.39, 0.29) is 0 Å². The number of aryl methyl sites for hydroxylation is 3. The van der Waals surface area contributed by atoms with Gasteiger partial charge < -0.3 is 0 Å². The van der Waals surface area contributed by atoms with Crippen LogP contribution in [-0.4, -0.2) is 34.7 Å². The van der Waals surface area contributed by atoms with Gasteiger partial charge in [0.15, 0.2) is 5.65 Å². The highest BCUT2D eigenvalue weighted by Gasteiger charge is 2.21. The summed E-state index contributed by atoms with van der Waals surface area (Å²) in [4.78, 5) is 5.01. The lowest BCUT2D eigenvalue weighted by molar-refractivity contribution is 0.666. The van der Waals surface area contributed by atoms with Crippen molar-refractivity contribution in [2.24, 2.45) is 0 Å². The molecule has 0 saturated heterocycles. The predicted octanol–water partition coefficient (Wildman–Crippen LogP) is 4.44. The highest BCUT2D eigenvalue weighted by Crippen LogP contribution is 2.36. The van der Waals surface area contributed by atoms with Crippen molar-refractivity contribution in [2.75, 3.05) is 0 Å². The van der Waals surface area contributed by atoms with Crippen molar-refractivity contribution < 1.29 is 0 Å². The Kier molecular flexibility index (Phi) is 4.21. The molecule has 0 saturated carbocycles. The number of rotatable bonds is 4. The Balaban J connectivity index is 1.86.